The molecule has 0 saturated heterocycles. The first-order valence-corrected chi connectivity index (χ1v) is 6.79. The maximum absolute atomic E-state index is 12.2. The van der Waals surface area contributed by atoms with E-state index in [9.17, 15) is 9.59 Å². The van der Waals surface area contributed by atoms with Gasteiger partial charge in [-0.25, -0.2) is 0 Å². The lowest BCUT2D eigenvalue weighted by Gasteiger charge is -2.19. The van der Waals surface area contributed by atoms with Crippen LogP contribution in [0.25, 0.3) is 6.08 Å². The Morgan fingerprint density at radius 3 is 2.45 bits per heavy atom. The number of hydrogen-bond acceptors (Lipinski definition) is 3. The van der Waals surface area contributed by atoms with Crippen LogP contribution >= 0.6 is 0 Å². The molecule has 0 aliphatic rings. The third-order valence-corrected chi connectivity index (χ3v) is 2.94. The summed E-state index contributed by atoms with van der Waals surface area (Å²) in [5.41, 5.74) is 1.52. The highest BCUT2D eigenvalue weighted by Gasteiger charge is 2.14. The summed E-state index contributed by atoms with van der Waals surface area (Å²) < 4.78 is 0. The number of aliphatic carboxylic acids is 1. The number of carbonyl (C=O) groups is 2. The fourth-order valence-corrected chi connectivity index (χ4v) is 1.92. The third kappa shape index (κ3) is 4.86. The average Bonchev–Trinajstić information content (AvgIpc) is 2.53. The molecule has 1 N–H and O–H groups in total. The zero-order valence-corrected chi connectivity index (χ0v) is 11.9. The normalized spacial score (nSPS) is 10.5. The van der Waals surface area contributed by atoms with Crippen LogP contribution in [0.1, 0.15) is 11.3 Å². The van der Waals surface area contributed by atoms with Crippen LogP contribution in [0.3, 0.4) is 0 Å². The molecule has 5 heteroatoms. The van der Waals surface area contributed by atoms with Crippen LogP contribution in [0.2, 0.25) is 0 Å². The lowest BCUT2D eigenvalue weighted by molar-refractivity contribution is -0.143. The predicted molar refractivity (Wildman–Crippen MR) is 82.8 cm³/mol. The topological polar surface area (TPSA) is 70.5 Å². The van der Waals surface area contributed by atoms with Gasteiger partial charge in [0.15, 0.2) is 0 Å². The molecule has 0 bridgehead atoms. The maximum Gasteiger partial charge on any atom is 0.323 e. The number of nitrogens with zero attached hydrogens (tertiary/aromatic N) is 2. The molecule has 2 aromatic rings. The minimum Gasteiger partial charge on any atom is -0.480 e. The largest absolute Gasteiger partial charge is 0.480 e. The van der Waals surface area contributed by atoms with Gasteiger partial charge in [0.1, 0.15) is 6.54 Å². The van der Waals surface area contributed by atoms with Gasteiger partial charge in [-0.05, 0) is 23.8 Å². The summed E-state index contributed by atoms with van der Waals surface area (Å²) in [6, 6.07) is 14.6. The number of amides is 1. The van der Waals surface area contributed by atoms with Crippen molar-refractivity contribution < 1.29 is 14.7 Å². The van der Waals surface area contributed by atoms with E-state index in [2.05, 4.69) is 4.98 Å². The van der Waals surface area contributed by atoms with Crippen molar-refractivity contribution in [1.29, 1.82) is 0 Å². The highest BCUT2D eigenvalue weighted by molar-refractivity contribution is 5.93. The summed E-state index contributed by atoms with van der Waals surface area (Å²) in [7, 11) is 0. The van der Waals surface area contributed by atoms with E-state index in [0.29, 0.717) is 5.69 Å². The number of pyridine rings is 1. The Morgan fingerprint density at radius 1 is 1.09 bits per heavy atom. The molecule has 1 aromatic heterocycles. The van der Waals surface area contributed by atoms with E-state index in [1.807, 2.05) is 36.4 Å². The molecular weight excluding hydrogens is 280 g/mol. The van der Waals surface area contributed by atoms with E-state index < -0.39 is 5.97 Å². The molecule has 1 amide bonds. The van der Waals surface area contributed by atoms with Gasteiger partial charge >= 0.3 is 5.97 Å². The number of rotatable bonds is 6. The first-order chi connectivity index (χ1) is 10.6. The zero-order valence-electron chi connectivity index (χ0n) is 11.9. The SMILES string of the molecule is O=C(O)CN(Cc1ccccc1)C(=O)C=Cc1ccccn1. The minimum atomic E-state index is -1.05. The molecule has 0 saturated carbocycles. The van der Waals surface area contributed by atoms with Gasteiger partial charge in [0.05, 0.1) is 5.69 Å². The Hall–Kier alpha value is -2.95. The molecular formula is C17H16N2O3. The summed E-state index contributed by atoms with van der Waals surface area (Å²) in [6.07, 6.45) is 4.54. The number of aromatic nitrogens is 1. The minimum absolute atomic E-state index is 0.249. The molecule has 0 atom stereocenters. The number of carboxylic acids is 1. The van der Waals surface area contributed by atoms with Crippen LogP contribution in [0, 0.1) is 0 Å². The smallest absolute Gasteiger partial charge is 0.323 e. The highest BCUT2D eigenvalue weighted by Crippen LogP contribution is 2.06. The van der Waals surface area contributed by atoms with Gasteiger partial charge in [-0.15, -0.1) is 0 Å². The Labute approximate surface area is 128 Å². The standard InChI is InChI=1S/C17H16N2O3/c20-16(10-9-15-8-4-5-11-18-15)19(13-17(21)22)12-14-6-2-1-3-7-14/h1-11H,12-13H2,(H,21,22). The molecule has 0 aliphatic carbocycles. The molecule has 0 spiro atoms. The van der Waals surface area contributed by atoms with Gasteiger partial charge in [0.2, 0.25) is 5.91 Å². The van der Waals surface area contributed by atoms with Crippen LogP contribution in [-0.2, 0) is 16.1 Å². The van der Waals surface area contributed by atoms with Crippen molar-refractivity contribution in [2.24, 2.45) is 0 Å². The van der Waals surface area contributed by atoms with Gasteiger partial charge in [0, 0.05) is 18.8 Å². The molecule has 1 heterocycles. The number of benzene rings is 1. The van der Waals surface area contributed by atoms with Gasteiger partial charge in [-0.2, -0.15) is 0 Å². The molecule has 112 valence electrons. The van der Waals surface area contributed by atoms with Gasteiger partial charge in [-0.1, -0.05) is 36.4 Å². The van der Waals surface area contributed by atoms with Crippen molar-refractivity contribution in [3.63, 3.8) is 0 Å². The van der Waals surface area contributed by atoms with Crippen molar-refractivity contribution in [3.05, 3.63) is 72.1 Å². The number of carboxylic acid groups (broad SMARTS) is 1. The summed E-state index contributed by atoms with van der Waals surface area (Å²) in [5, 5.41) is 8.97. The van der Waals surface area contributed by atoms with Gasteiger partial charge in [0.25, 0.3) is 0 Å². The van der Waals surface area contributed by atoms with E-state index in [4.69, 9.17) is 5.11 Å². The summed E-state index contributed by atoms with van der Waals surface area (Å²) in [4.78, 5) is 28.5. The lowest BCUT2D eigenvalue weighted by atomic mass is 10.2. The summed E-state index contributed by atoms with van der Waals surface area (Å²) >= 11 is 0. The molecule has 22 heavy (non-hydrogen) atoms. The Kier molecular flexibility index (Phi) is 5.43. The second-order valence-corrected chi connectivity index (χ2v) is 4.66. The third-order valence-electron chi connectivity index (χ3n) is 2.94. The van der Waals surface area contributed by atoms with E-state index in [0.717, 1.165) is 5.56 Å². The Bertz CT molecular complexity index is 654. The fourth-order valence-electron chi connectivity index (χ4n) is 1.92. The molecule has 1 aromatic carbocycles. The molecule has 0 radical (unpaired) electrons. The predicted octanol–water partition coefficient (Wildman–Crippen LogP) is 2.21. The maximum atomic E-state index is 12.2. The van der Waals surface area contributed by atoms with Crippen LogP contribution in [0.15, 0.2) is 60.8 Å². The summed E-state index contributed by atoms with van der Waals surface area (Å²) in [6.45, 7) is -0.0984. The lowest BCUT2D eigenvalue weighted by Crippen LogP contribution is -2.33. The molecule has 0 aliphatic heterocycles. The van der Waals surface area contributed by atoms with Crippen LogP contribution in [0.5, 0.6) is 0 Å². The quantitative estimate of drug-likeness (QED) is 0.830. The molecule has 2 rings (SSSR count). The molecule has 0 fully saturated rings. The van der Waals surface area contributed by atoms with E-state index in [1.165, 1.54) is 11.0 Å². The van der Waals surface area contributed by atoms with Gasteiger partial charge in [-0.3, -0.25) is 14.6 Å². The van der Waals surface area contributed by atoms with Crippen molar-refractivity contribution in [2.75, 3.05) is 6.54 Å². The average molecular weight is 296 g/mol. The van der Waals surface area contributed by atoms with Crippen molar-refractivity contribution in [2.45, 2.75) is 6.54 Å². The van der Waals surface area contributed by atoms with Crippen molar-refractivity contribution in [3.8, 4) is 0 Å². The fraction of sp³-hybridized carbons (Fsp3) is 0.118. The van der Waals surface area contributed by atoms with E-state index in [-0.39, 0.29) is 19.0 Å². The first-order valence-electron chi connectivity index (χ1n) is 6.79. The second-order valence-electron chi connectivity index (χ2n) is 4.66. The zero-order chi connectivity index (χ0) is 15.8. The van der Waals surface area contributed by atoms with Crippen LogP contribution in [0.4, 0.5) is 0 Å². The Morgan fingerprint density at radius 2 is 1.82 bits per heavy atom. The number of carbonyl (C=O) groups excluding carboxylic acids is 1. The van der Waals surface area contributed by atoms with Gasteiger partial charge < -0.3 is 10.0 Å². The highest BCUT2D eigenvalue weighted by atomic mass is 16.4. The van der Waals surface area contributed by atoms with Crippen LogP contribution in [-0.4, -0.2) is 33.4 Å². The van der Waals surface area contributed by atoms with Crippen molar-refractivity contribution >= 4 is 18.0 Å². The Balaban J connectivity index is 2.09. The van der Waals surface area contributed by atoms with Crippen LogP contribution < -0.4 is 0 Å². The second kappa shape index (κ2) is 7.73. The molecule has 0 unspecified atom stereocenters. The monoisotopic (exact) mass is 296 g/mol. The van der Waals surface area contributed by atoms with Crippen molar-refractivity contribution in [1.82, 2.24) is 9.88 Å². The first kappa shape index (κ1) is 15.4. The summed E-state index contributed by atoms with van der Waals surface area (Å²) in [5.74, 6) is -1.41. The van der Waals surface area contributed by atoms with E-state index >= 15 is 0 Å². The molecule has 5 nitrogen and oxygen atoms in total. The number of hydrogen-bond donors (Lipinski definition) is 1. The van der Waals surface area contributed by atoms with E-state index in [1.54, 1.807) is 24.4 Å².